The molecule has 0 amide bonds. The highest BCUT2D eigenvalue weighted by atomic mass is 32.2. The first-order valence-electron chi connectivity index (χ1n) is 12.6. The number of anilines is 1. The Morgan fingerprint density at radius 3 is 2.30 bits per heavy atom. The molecule has 4 aromatic carbocycles. The number of para-hydroxylation sites is 1. The van der Waals surface area contributed by atoms with Gasteiger partial charge in [-0.2, -0.15) is 0 Å². The van der Waals surface area contributed by atoms with Gasteiger partial charge in [0, 0.05) is 33.7 Å². The van der Waals surface area contributed by atoms with Gasteiger partial charge in [0.05, 0.1) is 25.6 Å². The third kappa shape index (κ3) is 5.31. The summed E-state index contributed by atoms with van der Waals surface area (Å²) < 4.78 is 53.4. The standard InChI is InChI=1S/C31H29FN2O5S/c1-33-31(35)29-25-17-24(20-9-5-4-6-10-20)26(18-28(25)39-30(29)21-13-15-23(32)16-14-21)34(40(3,36)37)19-22-11-7-8-12-27(22)38-2/h4-18,31,33,35H,19H2,1-3H3. The van der Waals surface area contributed by atoms with Crippen LogP contribution in [-0.4, -0.2) is 33.9 Å². The van der Waals surface area contributed by atoms with Gasteiger partial charge in [0.15, 0.2) is 0 Å². The lowest BCUT2D eigenvalue weighted by atomic mass is 9.98. The quantitative estimate of drug-likeness (QED) is 0.212. The van der Waals surface area contributed by atoms with Crippen LogP contribution >= 0.6 is 0 Å². The maximum atomic E-state index is 13.7. The highest BCUT2D eigenvalue weighted by Crippen LogP contribution is 2.43. The smallest absolute Gasteiger partial charge is 0.232 e. The number of aliphatic hydroxyl groups excluding tert-OH is 1. The van der Waals surface area contributed by atoms with Crippen molar-refractivity contribution in [1.82, 2.24) is 5.32 Å². The first-order valence-corrected chi connectivity index (χ1v) is 14.4. The predicted molar refractivity (Wildman–Crippen MR) is 155 cm³/mol. The van der Waals surface area contributed by atoms with Crippen LogP contribution in [0.5, 0.6) is 5.75 Å². The summed E-state index contributed by atoms with van der Waals surface area (Å²) in [4.78, 5) is 0. The van der Waals surface area contributed by atoms with Crippen LogP contribution in [0.3, 0.4) is 0 Å². The van der Waals surface area contributed by atoms with Gasteiger partial charge in [-0.3, -0.25) is 9.62 Å². The zero-order valence-corrected chi connectivity index (χ0v) is 23.1. The summed E-state index contributed by atoms with van der Waals surface area (Å²) in [6.45, 7) is 0.0196. The molecule has 1 aromatic heterocycles. The third-order valence-corrected chi connectivity index (χ3v) is 7.88. The molecule has 0 aliphatic rings. The number of hydrogen-bond donors (Lipinski definition) is 2. The predicted octanol–water partition coefficient (Wildman–Crippen LogP) is 6.09. The second-order valence-corrected chi connectivity index (χ2v) is 11.3. The molecule has 0 saturated heterocycles. The van der Waals surface area contributed by atoms with Crippen LogP contribution in [0.15, 0.2) is 95.4 Å². The fourth-order valence-corrected chi connectivity index (χ4v) is 5.69. The number of sulfonamides is 1. The Morgan fingerprint density at radius 2 is 1.65 bits per heavy atom. The van der Waals surface area contributed by atoms with Crippen LogP contribution in [-0.2, 0) is 16.6 Å². The Morgan fingerprint density at radius 1 is 0.975 bits per heavy atom. The average Bonchev–Trinajstić information content (AvgIpc) is 3.33. The van der Waals surface area contributed by atoms with Gasteiger partial charge >= 0.3 is 0 Å². The summed E-state index contributed by atoms with van der Waals surface area (Å²) in [6.07, 6.45) is 0.0549. The Balaban J connectivity index is 1.81. The third-order valence-electron chi connectivity index (χ3n) is 6.76. The first-order chi connectivity index (χ1) is 19.2. The molecule has 0 spiro atoms. The van der Waals surface area contributed by atoms with Crippen molar-refractivity contribution >= 4 is 26.7 Å². The van der Waals surface area contributed by atoms with Crippen molar-refractivity contribution in [3.05, 3.63) is 108 Å². The number of halogens is 1. The van der Waals surface area contributed by atoms with E-state index in [1.54, 1.807) is 38.4 Å². The molecule has 0 saturated carbocycles. The molecule has 206 valence electrons. The van der Waals surface area contributed by atoms with E-state index in [1.165, 1.54) is 16.4 Å². The number of hydrogen-bond acceptors (Lipinski definition) is 6. The molecule has 0 aliphatic heterocycles. The van der Waals surface area contributed by atoms with Gasteiger partial charge in [-0.15, -0.1) is 0 Å². The highest BCUT2D eigenvalue weighted by Gasteiger charge is 2.28. The van der Waals surface area contributed by atoms with Crippen LogP contribution in [0.25, 0.3) is 33.4 Å². The van der Waals surface area contributed by atoms with Crippen LogP contribution in [0.2, 0.25) is 0 Å². The van der Waals surface area contributed by atoms with Gasteiger partial charge < -0.3 is 14.3 Å². The van der Waals surface area contributed by atoms with E-state index in [2.05, 4.69) is 5.32 Å². The number of methoxy groups -OCH3 is 1. The highest BCUT2D eigenvalue weighted by molar-refractivity contribution is 7.92. The Labute approximate surface area is 232 Å². The van der Waals surface area contributed by atoms with Crippen LogP contribution in [0.4, 0.5) is 10.1 Å². The maximum Gasteiger partial charge on any atom is 0.232 e. The molecular formula is C31H29FN2O5S. The maximum absolute atomic E-state index is 13.7. The van der Waals surface area contributed by atoms with Crippen molar-refractivity contribution < 1.29 is 27.1 Å². The lowest BCUT2D eigenvalue weighted by Crippen LogP contribution is -2.30. The summed E-state index contributed by atoms with van der Waals surface area (Å²) in [5.74, 6) is 0.516. The van der Waals surface area contributed by atoms with E-state index in [-0.39, 0.29) is 6.54 Å². The molecule has 1 heterocycles. The number of ether oxygens (including phenoxy) is 1. The largest absolute Gasteiger partial charge is 0.496 e. The zero-order chi connectivity index (χ0) is 28.4. The molecule has 5 rings (SSSR count). The Kier molecular flexibility index (Phi) is 7.62. The minimum Gasteiger partial charge on any atom is -0.496 e. The zero-order valence-electron chi connectivity index (χ0n) is 22.3. The first kappa shape index (κ1) is 27.4. The van der Waals surface area contributed by atoms with Crippen molar-refractivity contribution in [3.63, 3.8) is 0 Å². The molecule has 0 fully saturated rings. The second-order valence-electron chi connectivity index (χ2n) is 9.36. The lowest BCUT2D eigenvalue weighted by molar-refractivity contribution is 0.150. The van der Waals surface area contributed by atoms with Crippen molar-refractivity contribution in [3.8, 4) is 28.2 Å². The Bertz CT molecular complexity index is 1750. The topological polar surface area (TPSA) is 92.0 Å². The number of benzene rings is 4. The fourth-order valence-electron chi connectivity index (χ4n) is 4.81. The van der Waals surface area contributed by atoms with Crippen molar-refractivity contribution in [2.24, 2.45) is 0 Å². The minimum atomic E-state index is -3.79. The summed E-state index contributed by atoms with van der Waals surface area (Å²) in [7, 11) is -0.633. The average molecular weight is 561 g/mol. The van der Waals surface area contributed by atoms with Crippen molar-refractivity contribution in [2.45, 2.75) is 12.8 Å². The number of nitrogens with zero attached hydrogens (tertiary/aromatic N) is 1. The molecule has 2 N–H and O–H groups in total. The summed E-state index contributed by atoms with van der Waals surface area (Å²) in [5.41, 5.74) is 3.89. The Hall–Kier alpha value is -4.18. The van der Waals surface area contributed by atoms with Crippen molar-refractivity contribution in [1.29, 1.82) is 0 Å². The summed E-state index contributed by atoms with van der Waals surface area (Å²) in [6, 6.07) is 25.9. The number of rotatable bonds is 9. The van der Waals surface area contributed by atoms with Gasteiger partial charge in [0.1, 0.15) is 29.1 Å². The molecule has 5 aromatic rings. The van der Waals surface area contributed by atoms with Gasteiger partial charge in [0.25, 0.3) is 0 Å². The molecule has 40 heavy (non-hydrogen) atoms. The van der Waals surface area contributed by atoms with Crippen LogP contribution < -0.4 is 14.4 Å². The number of nitrogens with one attached hydrogen (secondary N) is 1. The van der Waals surface area contributed by atoms with E-state index in [1.807, 2.05) is 54.6 Å². The van der Waals surface area contributed by atoms with E-state index in [0.29, 0.717) is 50.4 Å². The van der Waals surface area contributed by atoms with Gasteiger partial charge in [0.2, 0.25) is 10.0 Å². The normalized spacial score (nSPS) is 12.4. The molecular weight excluding hydrogens is 531 g/mol. The van der Waals surface area contributed by atoms with E-state index in [9.17, 15) is 17.9 Å². The monoisotopic (exact) mass is 560 g/mol. The number of aliphatic hydroxyl groups is 1. The van der Waals surface area contributed by atoms with Gasteiger partial charge in [-0.25, -0.2) is 12.8 Å². The number of fused-ring (bicyclic) bond motifs is 1. The summed E-state index contributed by atoms with van der Waals surface area (Å²) >= 11 is 0. The van der Waals surface area contributed by atoms with Gasteiger partial charge in [-0.05, 0) is 49.0 Å². The minimum absolute atomic E-state index is 0.0196. The molecule has 0 aliphatic carbocycles. The molecule has 0 bridgehead atoms. The van der Waals surface area contributed by atoms with E-state index in [4.69, 9.17) is 9.15 Å². The van der Waals surface area contributed by atoms with Crippen LogP contribution in [0, 0.1) is 5.82 Å². The van der Waals surface area contributed by atoms with E-state index >= 15 is 0 Å². The fraction of sp³-hybridized carbons (Fsp3) is 0.161. The van der Waals surface area contributed by atoms with Crippen molar-refractivity contribution in [2.75, 3.05) is 24.7 Å². The molecule has 9 heteroatoms. The number of furan rings is 1. The molecule has 1 atom stereocenters. The van der Waals surface area contributed by atoms with E-state index in [0.717, 1.165) is 11.8 Å². The summed E-state index contributed by atoms with van der Waals surface area (Å²) in [5, 5.41) is 14.4. The second kappa shape index (κ2) is 11.1. The molecule has 0 radical (unpaired) electrons. The molecule has 7 nitrogen and oxygen atoms in total. The van der Waals surface area contributed by atoms with Gasteiger partial charge in [-0.1, -0.05) is 48.5 Å². The van der Waals surface area contributed by atoms with Crippen LogP contribution in [0.1, 0.15) is 17.4 Å². The van der Waals surface area contributed by atoms with E-state index < -0.39 is 22.1 Å². The lowest BCUT2D eigenvalue weighted by Gasteiger charge is -2.26. The molecule has 1 unspecified atom stereocenters. The SMILES string of the molecule is CNC(O)c1c(-c2ccc(F)cc2)oc2cc(N(Cc3ccccc3OC)S(C)(=O)=O)c(-c3ccccc3)cc12.